The predicted octanol–water partition coefficient (Wildman–Crippen LogP) is 3.65. The molecule has 196 valence electrons. The normalized spacial score (nSPS) is 10.9. The fraction of sp³-hybridized carbons (Fsp3) is 0.423. The Hall–Kier alpha value is -3.30. The van der Waals surface area contributed by atoms with Crippen LogP contribution in [0, 0.1) is 0 Å². The molecule has 10 heteroatoms. The van der Waals surface area contributed by atoms with E-state index in [9.17, 15) is 14.4 Å². The molecule has 0 heterocycles. The average Bonchev–Trinajstić information content (AvgIpc) is 2.85. The second kappa shape index (κ2) is 14.3. The van der Waals surface area contributed by atoms with Gasteiger partial charge in [0, 0.05) is 30.7 Å². The van der Waals surface area contributed by atoms with Crippen molar-refractivity contribution in [3.63, 3.8) is 0 Å². The van der Waals surface area contributed by atoms with Crippen molar-refractivity contribution < 1.29 is 28.6 Å². The van der Waals surface area contributed by atoms with Gasteiger partial charge in [-0.15, -0.1) is 0 Å². The van der Waals surface area contributed by atoms with Gasteiger partial charge in [-0.2, -0.15) is 0 Å². The van der Waals surface area contributed by atoms with Crippen molar-refractivity contribution in [2.45, 2.75) is 32.3 Å². The molecule has 2 aromatic rings. The number of carbonyl (C=O) groups excluding carboxylic acids is 3. The molecule has 0 fully saturated rings. The summed E-state index contributed by atoms with van der Waals surface area (Å²) in [6.07, 6.45) is 0.830. The van der Waals surface area contributed by atoms with Crippen LogP contribution in [-0.2, 0) is 20.7 Å². The predicted molar refractivity (Wildman–Crippen MR) is 137 cm³/mol. The molecule has 36 heavy (non-hydrogen) atoms. The summed E-state index contributed by atoms with van der Waals surface area (Å²) in [7, 11) is 3.45. The molecule has 0 aromatic heterocycles. The lowest BCUT2D eigenvalue weighted by Crippen LogP contribution is -2.40. The number of nitrogens with one attached hydrogen (secondary N) is 2. The third-order valence-corrected chi connectivity index (χ3v) is 5.45. The number of hydrogen-bond donors (Lipinski definition) is 2. The molecule has 0 radical (unpaired) electrons. The van der Waals surface area contributed by atoms with Gasteiger partial charge in [0.25, 0.3) is 5.91 Å². The lowest BCUT2D eigenvalue weighted by Gasteiger charge is -2.24. The minimum Gasteiger partial charge on any atom is -0.476 e. The van der Waals surface area contributed by atoms with E-state index >= 15 is 0 Å². The van der Waals surface area contributed by atoms with E-state index in [4.69, 9.17) is 25.8 Å². The number of hydrogen-bond acceptors (Lipinski definition) is 7. The van der Waals surface area contributed by atoms with Gasteiger partial charge >= 0.3 is 12.1 Å². The molecule has 2 amide bonds. The zero-order chi connectivity index (χ0) is 26.6. The Morgan fingerprint density at radius 3 is 2.28 bits per heavy atom. The number of rotatable bonds is 13. The van der Waals surface area contributed by atoms with E-state index in [1.165, 1.54) is 4.90 Å². The highest BCUT2D eigenvalue weighted by Gasteiger charge is 2.32. The van der Waals surface area contributed by atoms with E-state index in [0.717, 1.165) is 18.5 Å². The van der Waals surface area contributed by atoms with Crippen molar-refractivity contribution in [3.8, 4) is 5.75 Å². The van der Waals surface area contributed by atoms with Crippen molar-refractivity contribution in [3.05, 3.63) is 64.7 Å². The van der Waals surface area contributed by atoms with Crippen LogP contribution in [0.15, 0.2) is 48.5 Å². The Balaban J connectivity index is 1.74. The summed E-state index contributed by atoms with van der Waals surface area (Å²) in [5.74, 6) is -0.354. The van der Waals surface area contributed by atoms with E-state index in [0.29, 0.717) is 35.8 Å². The number of amides is 2. The average molecular weight is 520 g/mol. The van der Waals surface area contributed by atoms with Crippen LogP contribution in [0.2, 0.25) is 5.02 Å². The Morgan fingerprint density at radius 2 is 1.64 bits per heavy atom. The third-order valence-electron chi connectivity index (χ3n) is 5.20. The summed E-state index contributed by atoms with van der Waals surface area (Å²) in [6.45, 7) is 4.40. The zero-order valence-corrected chi connectivity index (χ0v) is 21.9. The minimum absolute atomic E-state index is 0.169. The number of carbonyl (C=O) groups is 3. The molecule has 2 rings (SSSR count). The molecule has 0 bridgehead atoms. The molecule has 0 aliphatic rings. The van der Waals surface area contributed by atoms with E-state index in [1.807, 2.05) is 19.2 Å². The Kier molecular flexibility index (Phi) is 11.5. The first kappa shape index (κ1) is 28.9. The molecule has 9 nitrogen and oxygen atoms in total. The summed E-state index contributed by atoms with van der Waals surface area (Å²) in [4.78, 5) is 37.9. The first-order valence-corrected chi connectivity index (χ1v) is 12.0. The molecule has 2 aromatic carbocycles. The first-order chi connectivity index (χ1) is 17.1. The van der Waals surface area contributed by atoms with Crippen molar-refractivity contribution in [1.82, 2.24) is 15.5 Å². The van der Waals surface area contributed by atoms with Gasteiger partial charge < -0.3 is 29.7 Å². The molecule has 0 aliphatic carbocycles. The van der Waals surface area contributed by atoms with Gasteiger partial charge in [0.15, 0.2) is 5.60 Å². The number of benzene rings is 2. The van der Waals surface area contributed by atoms with Crippen LogP contribution in [0.5, 0.6) is 5.75 Å². The van der Waals surface area contributed by atoms with Crippen molar-refractivity contribution >= 4 is 29.6 Å². The topological polar surface area (TPSA) is 106 Å². The minimum atomic E-state index is -1.29. The number of esters is 1. The second-order valence-corrected chi connectivity index (χ2v) is 9.04. The third kappa shape index (κ3) is 9.75. The molecule has 0 aliphatic heterocycles. The number of nitrogens with zero attached hydrogens (tertiary/aromatic N) is 1. The van der Waals surface area contributed by atoms with Crippen molar-refractivity contribution in [2.24, 2.45) is 0 Å². The number of halogens is 1. The van der Waals surface area contributed by atoms with E-state index in [2.05, 4.69) is 10.6 Å². The lowest BCUT2D eigenvalue weighted by atomic mass is 10.1. The first-order valence-electron chi connectivity index (χ1n) is 11.6. The van der Waals surface area contributed by atoms with Crippen molar-refractivity contribution in [2.75, 3.05) is 40.5 Å². The van der Waals surface area contributed by atoms with Gasteiger partial charge in [0.2, 0.25) is 6.79 Å². The van der Waals surface area contributed by atoms with Crippen LogP contribution >= 0.6 is 11.6 Å². The second-order valence-electron chi connectivity index (χ2n) is 8.61. The van der Waals surface area contributed by atoms with Crippen LogP contribution in [-0.4, -0.2) is 69.0 Å². The van der Waals surface area contributed by atoms with Gasteiger partial charge in [-0.3, -0.25) is 4.79 Å². The van der Waals surface area contributed by atoms with Gasteiger partial charge in [0.05, 0.1) is 0 Å². The molecule has 0 saturated heterocycles. The van der Waals surface area contributed by atoms with E-state index in [1.54, 1.807) is 57.3 Å². The molecule has 0 spiro atoms. The van der Waals surface area contributed by atoms with Crippen molar-refractivity contribution in [1.29, 1.82) is 0 Å². The maximum absolute atomic E-state index is 12.4. The highest BCUT2D eigenvalue weighted by Crippen LogP contribution is 2.20. The van der Waals surface area contributed by atoms with E-state index in [-0.39, 0.29) is 5.91 Å². The summed E-state index contributed by atoms with van der Waals surface area (Å²) < 4.78 is 15.8. The lowest BCUT2D eigenvalue weighted by molar-refractivity contribution is -0.168. The quantitative estimate of drug-likeness (QED) is 0.236. The van der Waals surface area contributed by atoms with Crippen LogP contribution in [0.25, 0.3) is 0 Å². The summed E-state index contributed by atoms with van der Waals surface area (Å²) in [5.41, 5.74) is 0.243. The van der Waals surface area contributed by atoms with E-state index < -0.39 is 24.5 Å². The maximum atomic E-state index is 12.4. The molecular formula is C26H34ClN3O6. The Bertz CT molecular complexity index is 996. The maximum Gasteiger partial charge on any atom is 0.412 e. The van der Waals surface area contributed by atoms with Gasteiger partial charge in [-0.25, -0.2) is 9.59 Å². The SMILES string of the molecule is CNCCCN(C)C(=O)OCOC(=O)C(C)(C)Oc1ccc(CCNC(=O)c2ccc(Cl)cc2)cc1. The molecule has 0 atom stereocenters. The van der Waals surface area contributed by atoms with Crippen LogP contribution in [0.3, 0.4) is 0 Å². The molecule has 0 unspecified atom stereocenters. The molecular weight excluding hydrogens is 486 g/mol. The van der Waals surface area contributed by atoms with Crippen LogP contribution < -0.4 is 15.4 Å². The standard InChI is InChI=1S/C26H34ClN3O6/c1-26(2,24(32)34-18-35-25(33)30(4)17-5-15-28-3)36-22-12-6-19(7-13-22)14-16-29-23(31)20-8-10-21(27)11-9-20/h6-13,28H,5,14-18H2,1-4H3,(H,29,31). The van der Waals surface area contributed by atoms with Crippen LogP contribution in [0.1, 0.15) is 36.2 Å². The fourth-order valence-electron chi connectivity index (χ4n) is 3.09. The van der Waals surface area contributed by atoms with Gasteiger partial charge in [-0.1, -0.05) is 23.7 Å². The summed E-state index contributed by atoms with van der Waals surface area (Å²) >= 11 is 5.84. The monoisotopic (exact) mass is 519 g/mol. The van der Waals surface area contributed by atoms with Gasteiger partial charge in [0.1, 0.15) is 5.75 Å². The zero-order valence-electron chi connectivity index (χ0n) is 21.1. The van der Waals surface area contributed by atoms with Gasteiger partial charge in [-0.05, 0) is 82.2 Å². The molecule has 2 N–H and O–H groups in total. The summed E-state index contributed by atoms with van der Waals surface area (Å²) in [5, 5.41) is 6.44. The highest BCUT2D eigenvalue weighted by molar-refractivity contribution is 6.30. The fourth-order valence-corrected chi connectivity index (χ4v) is 3.21. The Labute approximate surface area is 217 Å². The Morgan fingerprint density at radius 1 is 0.972 bits per heavy atom. The largest absolute Gasteiger partial charge is 0.476 e. The van der Waals surface area contributed by atoms with Crippen LogP contribution in [0.4, 0.5) is 4.79 Å². The highest BCUT2D eigenvalue weighted by atomic mass is 35.5. The smallest absolute Gasteiger partial charge is 0.412 e. The summed E-state index contributed by atoms with van der Waals surface area (Å²) in [6, 6.07) is 13.9. The number of ether oxygens (including phenoxy) is 3. The molecule has 0 saturated carbocycles.